The number of terminal acetylenes is 1. The molecule has 0 spiro atoms. The van der Waals surface area contributed by atoms with Crippen molar-refractivity contribution in [2.75, 3.05) is 6.61 Å². The Bertz CT molecular complexity index is 227. The highest BCUT2D eigenvalue weighted by Gasteiger charge is 2.21. The normalized spacial score (nSPS) is 15.9. The first kappa shape index (κ1) is 13.6. The molecule has 0 aromatic carbocycles. The monoisotopic (exact) mass is 217 g/mol. The predicted octanol–water partition coefficient (Wildman–Crippen LogP) is 0.812. The maximum Gasteiger partial charge on any atom is 0.0981 e. The largest absolute Gasteiger partial charge is 0.396 e. The van der Waals surface area contributed by atoms with Crippen molar-refractivity contribution in [3.63, 3.8) is 0 Å². The van der Waals surface area contributed by atoms with Crippen LogP contribution in [0.1, 0.15) is 33.6 Å². The summed E-state index contributed by atoms with van der Waals surface area (Å²) >= 11 is 0. The van der Waals surface area contributed by atoms with Crippen molar-refractivity contribution in [1.29, 1.82) is 0 Å². The van der Waals surface area contributed by atoms with E-state index in [-0.39, 0.29) is 17.4 Å². The fraction of sp³-hybridized carbons (Fsp3) is 0.800. The first-order valence-corrected chi connectivity index (χ1v) is 5.82. The van der Waals surface area contributed by atoms with E-state index in [1.807, 2.05) is 20.8 Å². The van der Waals surface area contributed by atoms with Gasteiger partial charge in [0.05, 0.1) is 21.8 Å². The van der Waals surface area contributed by atoms with Gasteiger partial charge in [-0.1, -0.05) is 5.92 Å². The zero-order chi connectivity index (χ0) is 11.2. The molecule has 4 heteroatoms. The zero-order valence-electron chi connectivity index (χ0n) is 9.04. The molecule has 0 saturated heterocycles. The Balaban J connectivity index is 4.08. The van der Waals surface area contributed by atoms with Crippen LogP contribution in [0.3, 0.4) is 0 Å². The predicted molar refractivity (Wildman–Crippen MR) is 60.0 cm³/mol. The Morgan fingerprint density at radius 3 is 2.50 bits per heavy atom. The van der Waals surface area contributed by atoms with Crippen molar-refractivity contribution in [1.82, 2.24) is 4.72 Å². The van der Waals surface area contributed by atoms with Gasteiger partial charge in [-0.15, -0.1) is 6.42 Å². The second kappa shape index (κ2) is 6.18. The van der Waals surface area contributed by atoms with E-state index in [4.69, 9.17) is 11.5 Å². The van der Waals surface area contributed by atoms with Crippen LogP contribution >= 0.6 is 0 Å². The van der Waals surface area contributed by atoms with Crippen LogP contribution in [0.4, 0.5) is 0 Å². The quantitative estimate of drug-likeness (QED) is 0.670. The average molecular weight is 217 g/mol. The smallest absolute Gasteiger partial charge is 0.0981 e. The molecule has 0 radical (unpaired) electrons. The molecule has 0 amide bonds. The Morgan fingerprint density at radius 2 is 2.14 bits per heavy atom. The fourth-order valence-corrected chi connectivity index (χ4v) is 1.58. The minimum Gasteiger partial charge on any atom is -0.396 e. The third-order valence-electron chi connectivity index (χ3n) is 1.66. The van der Waals surface area contributed by atoms with E-state index in [2.05, 4.69) is 10.6 Å². The van der Waals surface area contributed by atoms with E-state index in [1.54, 1.807) is 0 Å². The Hall–Kier alpha value is -0.370. The van der Waals surface area contributed by atoms with Gasteiger partial charge < -0.3 is 5.11 Å². The lowest BCUT2D eigenvalue weighted by Gasteiger charge is -2.21. The van der Waals surface area contributed by atoms with Crippen LogP contribution in [0, 0.1) is 12.3 Å². The van der Waals surface area contributed by atoms with Crippen LogP contribution in [-0.2, 0) is 11.0 Å². The lowest BCUT2D eigenvalue weighted by molar-refractivity contribution is 0.282. The van der Waals surface area contributed by atoms with E-state index in [1.165, 1.54) is 0 Å². The van der Waals surface area contributed by atoms with Gasteiger partial charge in [-0.05, 0) is 33.6 Å². The molecule has 14 heavy (non-hydrogen) atoms. The molecule has 0 aliphatic carbocycles. The summed E-state index contributed by atoms with van der Waals surface area (Å²) in [6.07, 6.45) is 6.55. The number of nitrogens with one attached hydrogen (secondary N) is 1. The molecule has 82 valence electrons. The summed E-state index contributed by atoms with van der Waals surface area (Å²) < 4.78 is 14.2. The Labute approximate surface area is 88.9 Å². The zero-order valence-corrected chi connectivity index (χ0v) is 9.86. The van der Waals surface area contributed by atoms with Crippen LogP contribution in [0.5, 0.6) is 0 Å². The average Bonchev–Trinajstić information content (AvgIpc) is 2.10. The molecule has 0 aromatic rings. The topological polar surface area (TPSA) is 49.3 Å². The van der Waals surface area contributed by atoms with Gasteiger partial charge in [0.2, 0.25) is 0 Å². The number of aliphatic hydroxyl groups excluding tert-OH is 1. The standard InChI is InChI=1S/C10H19NO2S/c1-5-9(7-6-8-12)11-14(13)10(2,3)4/h1,9,11-12H,6-8H2,2-4H3/t9-,14+/m1/s1. The number of hydrogen-bond acceptors (Lipinski definition) is 2. The summed E-state index contributed by atoms with van der Waals surface area (Å²) in [6.45, 7) is 5.77. The third-order valence-corrected chi connectivity index (χ3v) is 3.27. The summed E-state index contributed by atoms with van der Waals surface area (Å²) in [7, 11) is -1.14. The maximum absolute atomic E-state index is 11.6. The second-order valence-electron chi connectivity index (χ2n) is 4.08. The molecule has 3 nitrogen and oxygen atoms in total. The summed E-state index contributed by atoms with van der Waals surface area (Å²) in [6, 6.07) is -0.220. The van der Waals surface area contributed by atoms with E-state index >= 15 is 0 Å². The lowest BCUT2D eigenvalue weighted by Crippen LogP contribution is -2.39. The van der Waals surface area contributed by atoms with Gasteiger partial charge in [0.25, 0.3) is 0 Å². The van der Waals surface area contributed by atoms with Gasteiger partial charge >= 0.3 is 0 Å². The summed E-state index contributed by atoms with van der Waals surface area (Å²) in [5, 5.41) is 8.63. The highest BCUT2D eigenvalue weighted by atomic mass is 32.2. The van der Waals surface area contributed by atoms with E-state index < -0.39 is 11.0 Å². The van der Waals surface area contributed by atoms with Crippen LogP contribution in [-0.4, -0.2) is 26.7 Å². The Kier molecular flexibility index (Phi) is 6.01. The summed E-state index contributed by atoms with van der Waals surface area (Å²) in [5.41, 5.74) is 0. The van der Waals surface area contributed by atoms with Crippen molar-refractivity contribution >= 4 is 11.0 Å². The Morgan fingerprint density at radius 1 is 1.57 bits per heavy atom. The summed E-state index contributed by atoms with van der Waals surface area (Å²) in [5.74, 6) is 2.52. The molecule has 0 bridgehead atoms. The summed E-state index contributed by atoms with van der Waals surface area (Å²) in [4.78, 5) is 0. The van der Waals surface area contributed by atoms with Gasteiger partial charge in [0.15, 0.2) is 0 Å². The minimum absolute atomic E-state index is 0.113. The van der Waals surface area contributed by atoms with Crippen molar-refractivity contribution in [2.45, 2.75) is 44.4 Å². The van der Waals surface area contributed by atoms with Crippen LogP contribution in [0.15, 0.2) is 0 Å². The minimum atomic E-state index is -1.14. The molecule has 0 rings (SSSR count). The van der Waals surface area contributed by atoms with Crippen LogP contribution in [0.25, 0.3) is 0 Å². The van der Waals surface area contributed by atoms with Crippen LogP contribution < -0.4 is 4.72 Å². The number of aliphatic hydroxyl groups is 1. The molecule has 0 aliphatic heterocycles. The van der Waals surface area contributed by atoms with Gasteiger partial charge in [-0.25, -0.2) is 8.93 Å². The molecule has 0 unspecified atom stereocenters. The van der Waals surface area contributed by atoms with Crippen molar-refractivity contribution in [2.24, 2.45) is 0 Å². The molecule has 2 N–H and O–H groups in total. The van der Waals surface area contributed by atoms with Crippen molar-refractivity contribution < 1.29 is 9.32 Å². The van der Waals surface area contributed by atoms with Crippen molar-refractivity contribution in [3.8, 4) is 12.3 Å². The molecular weight excluding hydrogens is 198 g/mol. The van der Waals surface area contributed by atoms with Gasteiger partial charge in [-0.3, -0.25) is 0 Å². The molecule has 0 aliphatic rings. The van der Waals surface area contributed by atoms with Crippen molar-refractivity contribution in [3.05, 3.63) is 0 Å². The van der Waals surface area contributed by atoms with Gasteiger partial charge in [0.1, 0.15) is 0 Å². The molecule has 2 atom stereocenters. The fourth-order valence-electron chi connectivity index (χ4n) is 0.778. The van der Waals surface area contributed by atoms with Gasteiger partial charge in [0, 0.05) is 6.61 Å². The number of hydrogen-bond donors (Lipinski definition) is 2. The lowest BCUT2D eigenvalue weighted by atomic mass is 10.2. The highest BCUT2D eigenvalue weighted by Crippen LogP contribution is 2.10. The first-order valence-electron chi connectivity index (χ1n) is 4.67. The number of rotatable bonds is 5. The highest BCUT2D eigenvalue weighted by molar-refractivity contribution is 7.84. The van der Waals surface area contributed by atoms with E-state index in [0.717, 1.165) is 0 Å². The molecule has 0 aromatic heterocycles. The molecule has 0 heterocycles. The third kappa shape index (κ3) is 5.38. The van der Waals surface area contributed by atoms with Crippen LogP contribution in [0.2, 0.25) is 0 Å². The molecule has 0 saturated carbocycles. The van der Waals surface area contributed by atoms with Gasteiger partial charge in [-0.2, -0.15) is 0 Å². The van der Waals surface area contributed by atoms with E-state index in [9.17, 15) is 4.21 Å². The second-order valence-corrected chi connectivity index (χ2v) is 6.08. The first-order chi connectivity index (χ1) is 6.41. The molecular formula is C10H19NO2S. The maximum atomic E-state index is 11.6. The SMILES string of the molecule is C#C[C@H](CCCO)N[S@@](=O)C(C)(C)C. The van der Waals surface area contributed by atoms with E-state index in [0.29, 0.717) is 12.8 Å². The molecule has 0 fully saturated rings.